The number of anilines is 1. The molecule has 1 aliphatic carbocycles. The Balaban J connectivity index is 2.08. The van der Waals surface area contributed by atoms with Gasteiger partial charge in [0, 0.05) is 12.0 Å². The molecule has 2 N–H and O–H groups in total. The highest BCUT2D eigenvalue weighted by Gasteiger charge is 2.26. The van der Waals surface area contributed by atoms with Crippen molar-refractivity contribution in [3.05, 3.63) is 22.2 Å². The van der Waals surface area contributed by atoms with Gasteiger partial charge in [-0.2, -0.15) is 0 Å². The maximum absolute atomic E-state index is 11.5. The highest BCUT2D eigenvalue weighted by atomic mass is 16.5. The average molecular weight is 251 g/mol. The van der Waals surface area contributed by atoms with E-state index in [2.05, 4.69) is 15.3 Å². The van der Waals surface area contributed by atoms with Crippen LogP contribution in [0.5, 0.6) is 0 Å². The lowest BCUT2D eigenvalue weighted by Gasteiger charge is -2.13. The molecule has 1 aromatic rings. The van der Waals surface area contributed by atoms with Crippen LogP contribution in [-0.2, 0) is 9.53 Å². The quantitative estimate of drug-likeness (QED) is 0.763. The summed E-state index contributed by atoms with van der Waals surface area (Å²) in [6.45, 7) is 3.76. The predicted octanol–water partition coefficient (Wildman–Crippen LogP) is 1.01. The number of carbonyl (C=O) groups is 1. The van der Waals surface area contributed by atoms with Crippen LogP contribution in [-0.4, -0.2) is 28.6 Å². The molecular weight excluding hydrogens is 234 g/mol. The van der Waals surface area contributed by atoms with Gasteiger partial charge in [-0.05, 0) is 26.7 Å². The fraction of sp³-hybridized carbons (Fsp3) is 0.583. The maximum Gasteiger partial charge on any atom is 0.328 e. The molecule has 6 heteroatoms. The van der Waals surface area contributed by atoms with Crippen LogP contribution in [0.1, 0.15) is 38.4 Å². The molecule has 0 radical (unpaired) electrons. The predicted molar refractivity (Wildman–Crippen MR) is 66.6 cm³/mol. The molecule has 1 aliphatic rings. The van der Waals surface area contributed by atoms with Crippen LogP contribution in [0, 0.1) is 0 Å². The van der Waals surface area contributed by atoms with Gasteiger partial charge in [-0.3, -0.25) is 4.79 Å². The van der Waals surface area contributed by atoms with Crippen molar-refractivity contribution in [2.24, 2.45) is 0 Å². The van der Waals surface area contributed by atoms with Gasteiger partial charge >= 0.3 is 5.97 Å². The highest BCUT2D eigenvalue weighted by Crippen LogP contribution is 2.37. The number of nitrogens with one attached hydrogen (secondary N) is 2. The molecule has 2 rings (SSSR count). The lowest BCUT2D eigenvalue weighted by atomic mass is 10.3. The molecule has 1 unspecified atom stereocenters. The van der Waals surface area contributed by atoms with Crippen molar-refractivity contribution >= 4 is 11.8 Å². The number of aromatic amines is 1. The normalized spacial score (nSPS) is 16.1. The molecular formula is C12H17N3O3. The van der Waals surface area contributed by atoms with Gasteiger partial charge in [0.15, 0.2) is 0 Å². The highest BCUT2D eigenvalue weighted by molar-refractivity contribution is 5.78. The standard InChI is InChI=1S/C12H17N3O3/c1-3-18-12(17)7(2)13-9-6-10(16)15-11(14-9)8-4-5-8/h6-8H,3-5H2,1-2H3,(H2,13,14,15,16). The summed E-state index contributed by atoms with van der Waals surface area (Å²) >= 11 is 0. The van der Waals surface area contributed by atoms with Crippen LogP contribution in [0.2, 0.25) is 0 Å². The number of nitrogens with zero attached hydrogens (tertiary/aromatic N) is 1. The van der Waals surface area contributed by atoms with Gasteiger partial charge in [-0.1, -0.05) is 0 Å². The maximum atomic E-state index is 11.5. The first-order valence-electron chi connectivity index (χ1n) is 6.14. The van der Waals surface area contributed by atoms with Gasteiger partial charge in [0.2, 0.25) is 0 Å². The Morgan fingerprint density at radius 3 is 3.00 bits per heavy atom. The summed E-state index contributed by atoms with van der Waals surface area (Å²) in [4.78, 5) is 30.0. The number of hydrogen-bond acceptors (Lipinski definition) is 5. The minimum absolute atomic E-state index is 0.203. The van der Waals surface area contributed by atoms with E-state index in [4.69, 9.17) is 4.74 Å². The van der Waals surface area contributed by atoms with Gasteiger partial charge in [-0.25, -0.2) is 9.78 Å². The third kappa shape index (κ3) is 3.09. The average Bonchev–Trinajstić information content (AvgIpc) is 3.12. The van der Waals surface area contributed by atoms with Gasteiger partial charge < -0.3 is 15.0 Å². The zero-order chi connectivity index (χ0) is 13.1. The van der Waals surface area contributed by atoms with Crippen LogP contribution in [0.15, 0.2) is 10.9 Å². The summed E-state index contributed by atoms with van der Waals surface area (Å²) in [6, 6.07) is 0.827. The smallest absolute Gasteiger partial charge is 0.328 e. The van der Waals surface area contributed by atoms with Crippen LogP contribution in [0.4, 0.5) is 5.82 Å². The fourth-order valence-electron chi connectivity index (χ4n) is 1.65. The summed E-state index contributed by atoms with van der Waals surface area (Å²) in [5.74, 6) is 1.12. The SMILES string of the molecule is CCOC(=O)C(C)Nc1cc(=O)[nH]c(C2CC2)n1. The number of aromatic nitrogens is 2. The van der Waals surface area contributed by atoms with Crippen molar-refractivity contribution in [3.8, 4) is 0 Å². The first-order valence-corrected chi connectivity index (χ1v) is 6.14. The molecule has 0 spiro atoms. The van der Waals surface area contributed by atoms with Gasteiger partial charge in [0.1, 0.15) is 17.7 Å². The van der Waals surface area contributed by atoms with Crippen molar-refractivity contribution in [2.75, 3.05) is 11.9 Å². The molecule has 18 heavy (non-hydrogen) atoms. The molecule has 0 bridgehead atoms. The van der Waals surface area contributed by atoms with Crippen molar-refractivity contribution in [1.82, 2.24) is 9.97 Å². The Kier molecular flexibility index (Phi) is 3.64. The van der Waals surface area contributed by atoms with Crippen LogP contribution >= 0.6 is 0 Å². The van der Waals surface area contributed by atoms with E-state index in [0.717, 1.165) is 12.8 Å². The molecule has 1 fully saturated rings. The molecule has 0 aliphatic heterocycles. The largest absolute Gasteiger partial charge is 0.464 e. The Morgan fingerprint density at radius 2 is 2.39 bits per heavy atom. The molecule has 98 valence electrons. The fourth-order valence-corrected chi connectivity index (χ4v) is 1.65. The van der Waals surface area contributed by atoms with E-state index in [9.17, 15) is 9.59 Å². The number of esters is 1. The van der Waals surface area contributed by atoms with E-state index < -0.39 is 6.04 Å². The van der Waals surface area contributed by atoms with Crippen LogP contribution in [0.25, 0.3) is 0 Å². The lowest BCUT2D eigenvalue weighted by molar-refractivity contribution is -0.143. The van der Waals surface area contributed by atoms with Crippen molar-refractivity contribution in [1.29, 1.82) is 0 Å². The van der Waals surface area contributed by atoms with E-state index >= 15 is 0 Å². The van der Waals surface area contributed by atoms with E-state index in [0.29, 0.717) is 24.2 Å². The third-order valence-corrected chi connectivity index (χ3v) is 2.73. The first-order chi connectivity index (χ1) is 8.60. The number of hydrogen-bond donors (Lipinski definition) is 2. The van der Waals surface area contributed by atoms with Crippen molar-refractivity contribution < 1.29 is 9.53 Å². The Labute approximate surface area is 105 Å². The second-order valence-electron chi connectivity index (χ2n) is 4.41. The minimum atomic E-state index is -0.522. The van der Waals surface area contributed by atoms with Crippen LogP contribution < -0.4 is 10.9 Å². The van der Waals surface area contributed by atoms with Crippen molar-refractivity contribution in [3.63, 3.8) is 0 Å². The second kappa shape index (κ2) is 5.20. The summed E-state index contributed by atoms with van der Waals surface area (Å²) in [6.07, 6.45) is 2.11. The molecule has 0 saturated heterocycles. The van der Waals surface area contributed by atoms with Gasteiger partial charge in [-0.15, -0.1) is 0 Å². The first kappa shape index (κ1) is 12.6. The van der Waals surface area contributed by atoms with E-state index in [1.54, 1.807) is 13.8 Å². The Bertz CT molecular complexity index is 494. The monoisotopic (exact) mass is 251 g/mol. The molecule has 1 atom stereocenters. The van der Waals surface area contributed by atoms with E-state index in [1.165, 1.54) is 6.07 Å². The number of H-pyrrole nitrogens is 1. The molecule has 6 nitrogen and oxygen atoms in total. The second-order valence-corrected chi connectivity index (χ2v) is 4.41. The van der Waals surface area contributed by atoms with E-state index in [-0.39, 0.29) is 11.5 Å². The molecule has 1 aromatic heterocycles. The van der Waals surface area contributed by atoms with Crippen LogP contribution in [0.3, 0.4) is 0 Å². The zero-order valence-corrected chi connectivity index (χ0v) is 10.5. The van der Waals surface area contributed by atoms with Gasteiger partial charge in [0.25, 0.3) is 5.56 Å². The third-order valence-electron chi connectivity index (χ3n) is 2.73. The summed E-state index contributed by atoms with van der Waals surface area (Å²) in [5, 5.41) is 2.88. The lowest BCUT2D eigenvalue weighted by Crippen LogP contribution is -2.29. The zero-order valence-electron chi connectivity index (χ0n) is 10.5. The Morgan fingerprint density at radius 1 is 1.67 bits per heavy atom. The van der Waals surface area contributed by atoms with Crippen molar-refractivity contribution in [2.45, 2.75) is 38.6 Å². The van der Waals surface area contributed by atoms with E-state index in [1.807, 2.05) is 0 Å². The number of carbonyl (C=O) groups excluding carboxylic acids is 1. The molecule has 0 aromatic carbocycles. The molecule has 1 saturated carbocycles. The Hall–Kier alpha value is -1.85. The summed E-state index contributed by atoms with van der Waals surface area (Å²) in [5.41, 5.74) is -0.203. The number of ether oxygens (including phenoxy) is 1. The topological polar surface area (TPSA) is 84.1 Å². The molecule has 1 heterocycles. The van der Waals surface area contributed by atoms with Gasteiger partial charge in [0.05, 0.1) is 6.61 Å². The summed E-state index contributed by atoms with van der Waals surface area (Å²) in [7, 11) is 0. The minimum Gasteiger partial charge on any atom is -0.464 e. The number of rotatable bonds is 5. The summed E-state index contributed by atoms with van der Waals surface area (Å²) < 4.78 is 4.88. The molecule has 0 amide bonds.